The van der Waals surface area contributed by atoms with E-state index in [4.69, 9.17) is 13.9 Å². The molecule has 1 aromatic heterocycles. The van der Waals surface area contributed by atoms with Gasteiger partial charge in [-0.2, -0.15) is 0 Å². The van der Waals surface area contributed by atoms with E-state index in [-0.39, 0.29) is 11.8 Å². The summed E-state index contributed by atoms with van der Waals surface area (Å²) < 4.78 is 33.0. The van der Waals surface area contributed by atoms with Gasteiger partial charge < -0.3 is 24.1 Å². The molecule has 2 aromatic carbocycles. The van der Waals surface area contributed by atoms with Crippen LogP contribution in [0.25, 0.3) is 17.0 Å². The van der Waals surface area contributed by atoms with Crippen LogP contribution in [0.2, 0.25) is 0 Å². The second-order valence-electron chi connectivity index (χ2n) is 12.2. The molecule has 1 aliphatic carbocycles. The van der Waals surface area contributed by atoms with Gasteiger partial charge in [0, 0.05) is 48.6 Å². The number of esters is 1. The van der Waals surface area contributed by atoms with E-state index in [0.29, 0.717) is 40.3 Å². The van der Waals surface area contributed by atoms with Crippen LogP contribution < -0.4 is 10.1 Å². The number of hydrogen-bond donors (Lipinski definition) is 1. The molecule has 1 saturated carbocycles. The Morgan fingerprint density at radius 3 is 2.44 bits per heavy atom. The van der Waals surface area contributed by atoms with Crippen molar-refractivity contribution in [3.05, 3.63) is 100 Å². The van der Waals surface area contributed by atoms with Crippen molar-refractivity contribution in [2.75, 3.05) is 7.05 Å². The SMILES string of the molecule is C=C1c2cc(/C(=C/C)NC(C)C3CC3)oc2C(c2cc(C(C)(C)OC(C)=O)ccc2Oc2c(C)cc(F)cc2C)=CN1C. The van der Waals surface area contributed by atoms with E-state index in [0.717, 1.165) is 39.4 Å². The summed E-state index contributed by atoms with van der Waals surface area (Å²) in [5.41, 5.74) is 5.40. The highest BCUT2D eigenvalue weighted by Gasteiger charge is 2.32. The molecule has 7 heteroatoms. The van der Waals surface area contributed by atoms with Gasteiger partial charge in [0.25, 0.3) is 0 Å². The van der Waals surface area contributed by atoms with Crippen LogP contribution in [0.15, 0.2) is 59.7 Å². The minimum Gasteiger partial charge on any atom is -0.456 e. The van der Waals surface area contributed by atoms with Crippen molar-refractivity contribution in [3.8, 4) is 11.5 Å². The lowest BCUT2D eigenvalue weighted by molar-refractivity contribution is -0.154. The lowest BCUT2D eigenvalue weighted by Gasteiger charge is -2.28. The molecule has 0 saturated heterocycles. The van der Waals surface area contributed by atoms with Crippen LogP contribution in [0, 0.1) is 25.6 Å². The van der Waals surface area contributed by atoms with E-state index in [1.54, 1.807) is 0 Å². The van der Waals surface area contributed by atoms with E-state index in [2.05, 4.69) is 18.8 Å². The standard InChI is InChI=1S/C36H41FN2O4/c1-10-31(38-22(4)25-11-12-25)33-18-28-23(5)39(9)19-30(35(28)42-33)29-17-26(36(7,8)43-24(6)40)13-14-32(29)41-34-20(2)15-27(37)16-21(34)3/h10,13-19,22,25,38H,5,11-12H2,1-4,6-9H3/b31-10-. The van der Waals surface area contributed by atoms with Gasteiger partial charge in [0.1, 0.15) is 28.7 Å². The first kappa shape index (κ1) is 30.2. The van der Waals surface area contributed by atoms with Crippen molar-refractivity contribution in [2.45, 2.75) is 73.0 Å². The number of nitrogens with zero attached hydrogens (tertiary/aromatic N) is 1. The molecule has 2 heterocycles. The van der Waals surface area contributed by atoms with Crippen molar-refractivity contribution >= 4 is 22.9 Å². The highest BCUT2D eigenvalue weighted by atomic mass is 19.1. The molecule has 0 spiro atoms. The Bertz CT molecular complexity index is 1630. The third-order valence-corrected chi connectivity index (χ3v) is 8.30. The van der Waals surface area contributed by atoms with Crippen LogP contribution in [0.3, 0.4) is 0 Å². The number of allylic oxidation sites excluding steroid dienone is 1. The monoisotopic (exact) mass is 584 g/mol. The van der Waals surface area contributed by atoms with Gasteiger partial charge in [-0.25, -0.2) is 4.39 Å². The third-order valence-electron chi connectivity index (χ3n) is 8.30. The van der Waals surface area contributed by atoms with Crippen LogP contribution >= 0.6 is 0 Å². The van der Waals surface area contributed by atoms with Crippen LogP contribution in [-0.2, 0) is 15.1 Å². The Kier molecular flexibility index (Phi) is 8.03. The van der Waals surface area contributed by atoms with E-state index in [1.165, 1.54) is 31.9 Å². The average Bonchev–Trinajstić information content (AvgIpc) is 3.69. The summed E-state index contributed by atoms with van der Waals surface area (Å²) in [4.78, 5) is 13.9. The fraction of sp³-hybridized carbons (Fsp3) is 0.361. The number of ether oxygens (including phenoxy) is 2. The molecule has 43 heavy (non-hydrogen) atoms. The Morgan fingerprint density at radius 1 is 1.16 bits per heavy atom. The van der Waals surface area contributed by atoms with E-state index >= 15 is 0 Å². The van der Waals surface area contributed by atoms with E-state index in [1.807, 2.05) is 83.1 Å². The topological polar surface area (TPSA) is 63.9 Å². The smallest absolute Gasteiger partial charge is 0.303 e. The molecule has 1 fully saturated rings. The van der Waals surface area contributed by atoms with Crippen molar-refractivity contribution in [1.29, 1.82) is 0 Å². The second kappa shape index (κ2) is 11.4. The maximum Gasteiger partial charge on any atom is 0.303 e. The number of furan rings is 1. The molecule has 1 atom stereocenters. The molecule has 6 nitrogen and oxygen atoms in total. The number of benzene rings is 2. The molecule has 2 aliphatic rings. The number of rotatable bonds is 9. The molecule has 5 rings (SSSR count). The van der Waals surface area contributed by atoms with Crippen LogP contribution in [0.1, 0.15) is 86.8 Å². The lowest BCUT2D eigenvalue weighted by Crippen LogP contribution is -2.26. The highest BCUT2D eigenvalue weighted by molar-refractivity contribution is 5.90. The molecule has 1 N–H and O–H groups in total. The summed E-state index contributed by atoms with van der Waals surface area (Å²) in [5.74, 6) is 2.53. The van der Waals surface area contributed by atoms with Gasteiger partial charge in [-0.3, -0.25) is 4.79 Å². The summed E-state index contributed by atoms with van der Waals surface area (Å²) in [6.45, 7) is 17.3. The number of fused-ring (bicyclic) bond motifs is 1. The highest BCUT2D eigenvalue weighted by Crippen LogP contribution is 2.45. The molecular formula is C36H41FN2O4. The summed E-state index contributed by atoms with van der Waals surface area (Å²) in [7, 11) is 1.95. The number of nitrogens with one attached hydrogen (secondary N) is 1. The molecule has 0 bridgehead atoms. The molecular weight excluding hydrogens is 543 g/mol. The predicted octanol–water partition coefficient (Wildman–Crippen LogP) is 8.68. The van der Waals surface area contributed by atoms with E-state index in [9.17, 15) is 9.18 Å². The second-order valence-corrected chi connectivity index (χ2v) is 12.2. The van der Waals surface area contributed by atoms with Gasteiger partial charge in [0.15, 0.2) is 5.76 Å². The molecule has 226 valence electrons. The Labute approximate surface area is 253 Å². The first-order valence-corrected chi connectivity index (χ1v) is 14.8. The zero-order valence-electron chi connectivity index (χ0n) is 26.4. The number of halogens is 1. The fourth-order valence-corrected chi connectivity index (χ4v) is 5.70. The minimum absolute atomic E-state index is 0.312. The van der Waals surface area contributed by atoms with Crippen molar-refractivity contribution in [3.63, 3.8) is 0 Å². The molecule has 0 radical (unpaired) electrons. The predicted molar refractivity (Wildman–Crippen MR) is 169 cm³/mol. The molecule has 1 unspecified atom stereocenters. The Morgan fingerprint density at radius 2 is 1.84 bits per heavy atom. The van der Waals surface area contributed by atoms with Crippen molar-refractivity contribution < 1.29 is 23.1 Å². The summed E-state index contributed by atoms with van der Waals surface area (Å²) >= 11 is 0. The maximum atomic E-state index is 14.1. The number of aryl methyl sites for hydroxylation is 2. The summed E-state index contributed by atoms with van der Waals surface area (Å²) in [6, 6.07) is 11.0. The zero-order chi connectivity index (χ0) is 31.2. The first-order valence-electron chi connectivity index (χ1n) is 14.8. The minimum atomic E-state index is -0.899. The van der Waals surface area contributed by atoms with Crippen LogP contribution in [0.4, 0.5) is 4.39 Å². The maximum absolute atomic E-state index is 14.1. The molecule has 3 aromatic rings. The average molecular weight is 585 g/mol. The van der Waals surface area contributed by atoms with Crippen LogP contribution in [0.5, 0.6) is 11.5 Å². The van der Waals surface area contributed by atoms with Gasteiger partial charge in [-0.1, -0.05) is 18.7 Å². The number of carbonyl (C=O) groups is 1. The Balaban J connectivity index is 1.65. The summed E-state index contributed by atoms with van der Waals surface area (Å²) in [6.07, 6.45) is 6.49. The van der Waals surface area contributed by atoms with Gasteiger partial charge >= 0.3 is 5.97 Å². The van der Waals surface area contributed by atoms with Crippen molar-refractivity contribution in [1.82, 2.24) is 10.2 Å². The van der Waals surface area contributed by atoms with E-state index < -0.39 is 5.60 Å². The van der Waals surface area contributed by atoms with Crippen molar-refractivity contribution in [2.24, 2.45) is 5.92 Å². The summed E-state index contributed by atoms with van der Waals surface area (Å²) in [5, 5.41) is 3.64. The Hall–Kier alpha value is -4.26. The quantitative estimate of drug-likeness (QED) is 0.254. The number of hydrogen-bond acceptors (Lipinski definition) is 6. The van der Waals surface area contributed by atoms with Crippen LogP contribution in [-0.4, -0.2) is 24.0 Å². The fourth-order valence-electron chi connectivity index (χ4n) is 5.70. The third kappa shape index (κ3) is 6.12. The lowest BCUT2D eigenvalue weighted by atomic mass is 9.90. The largest absolute Gasteiger partial charge is 0.456 e. The molecule has 0 amide bonds. The molecule has 1 aliphatic heterocycles. The normalized spacial score (nSPS) is 16.0. The number of carbonyl (C=O) groups excluding carboxylic acids is 1. The zero-order valence-corrected chi connectivity index (χ0v) is 26.4. The van der Waals surface area contributed by atoms with Gasteiger partial charge in [0.2, 0.25) is 0 Å². The van der Waals surface area contributed by atoms with Gasteiger partial charge in [-0.15, -0.1) is 0 Å². The first-order chi connectivity index (χ1) is 20.3. The van der Waals surface area contributed by atoms with Gasteiger partial charge in [0.05, 0.1) is 5.70 Å². The van der Waals surface area contributed by atoms with Gasteiger partial charge in [-0.05, 0) is 107 Å².